The molecule has 1 aromatic heterocycles. The highest BCUT2D eigenvalue weighted by atomic mass is 79.9. The molecule has 0 aliphatic carbocycles. The van der Waals surface area contributed by atoms with Crippen LogP contribution in [0.2, 0.25) is 0 Å². The Hall–Kier alpha value is -1.55. The first-order valence-corrected chi connectivity index (χ1v) is 6.04. The minimum Gasteiger partial charge on any atom is -0.366 e. The van der Waals surface area contributed by atoms with E-state index in [1.54, 1.807) is 6.07 Å². The van der Waals surface area contributed by atoms with E-state index in [1.807, 2.05) is 26.0 Å². The molecule has 0 saturated heterocycles. The molecule has 1 amide bonds. The van der Waals surface area contributed by atoms with Crippen molar-refractivity contribution >= 4 is 21.8 Å². The van der Waals surface area contributed by atoms with Crippen molar-refractivity contribution in [3.8, 4) is 5.69 Å². The first-order valence-electron chi connectivity index (χ1n) is 5.25. The van der Waals surface area contributed by atoms with E-state index in [4.69, 9.17) is 5.73 Å². The second kappa shape index (κ2) is 4.37. The fourth-order valence-electron chi connectivity index (χ4n) is 1.92. The van der Waals surface area contributed by atoms with E-state index in [9.17, 15) is 4.79 Å². The number of nitrogens with two attached hydrogens (primary N) is 1. The molecule has 0 aliphatic heterocycles. The fraction of sp³-hybridized carbons (Fsp3) is 0.154. The van der Waals surface area contributed by atoms with Gasteiger partial charge in [-0.05, 0) is 60.1 Å². The Morgan fingerprint density at radius 3 is 2.24 bits per heavy atom. The number of carbonyl (C=O) groups excluding carboxylic acids is 1. The summed E-state index contributed by atoms with van der Waals surface area (Å²) in [5.74, 6) is -0.427. The highest BCUT2D eigenvalue weighted by Gasteiger charge is 2.09. The SMILES string of the molecule is Cc1ccc(C)n1-c1ccc(C(N)=O)c(Br)c1. The molecule has 0 spiro atoms. The Kier molecular flexibility index (Phi) is 3.07. The average molecular weight is 293 g/mol. The summed E-state index contributed by atoms with van der Waals surface area (Å²) in [6.45, 7) is 4.09. The molecule has 1 aromatic carbocycles. The van der Waals surface area contributed by atoms with Gasteiger partial charge in [0.25, 0.3) is 0 Å². The van der Waals surface area contributed by atoms with Crippen LogP contribution in [0.3, 0.4) is 0 Å². The number of carbonyl (C=O) groups is 1. The number of benzene rings is 1. The lowest BCUT2D eigenvalue weighted by Gasteiger charge is -2.11. The lowest BCUT2D eigenvalue weighted by atomic mass is 10.2. The van der Waals surface area contributed by atoms with Crippen molar-refractivity contribution in [2.45, 2.75) is 13.8 Å². The third-order valence-electron chi connectivity index (χ3n) is 2.75. The smallest absolute Gasteiger partial charge is 0.249 e. The van der Waals surface area contributed by atoms with Crippen molar-refractivity contribution in [3.05, 3.63) is 51.8 Å². The normalized spacial score (nSPS) is 10.5. The number of hydrogen-bond acceptors (Lipinski definition) is 1. The number of hydrogen-bond donors (Lipinski definition) is 1. The summed E-state index contributed by atoms with van der Waals surface area (Å²) in [5.41, 5.74) is 9.09. The second-order valence-corrected chi connectivity index (χ2v) is 4.83. The van der Waals surface area contributed by atoms with Crippen molar-refractivity contribution in [1.29, 1.82) is 0 Å². The van der Waals surface area contributed by atoms with Gasteiger partial charge in [0, 0.05) is 21.5 Å². The topological polar surface area (TPSA) is 48.0 Å². The van der Waals surface area contributed by atoms with Crippen LogP contribution in [0.5, 0.6) is 0 Å². The van der Waals surface area contributed by atoms with Crippen LogP contribution in [0, 0.1) is 13.8 Å². The zero-order valence-electron chi connectivity index (χ0n) is 9.70. The van der Waals surface area contributed by atoms with Gasteiger partial charge in [-0.25, -0.2) is 0 Å². The van der Waals surface area contributed by atoms with Crippen LogP contribution in [-0.4, -0.2) is 10.5 Å². The van der Waals surface area contributed by atoms with Crippen LogP contribution in [0.1, 0.15) is 21.7 Å². The van der Waals surface area contributed by atoms with Crippen LogP contribution in [0.15, 0.2) is 34.8 Å². The molecular weight excluding hydrogens is 280 g/mol. The van der Waals surface area contributed by atoms with Gasteiger partial charge in [0.2, 0.25) is 5.91 Å². The van der Waals surface area contributed by atoms with E-state index in [-0.39, 0.29) is 0 Å². The Labute approximate surface area is 108 Å². The molecule has 2 N–H and O–H groups in total. The molecule has 1 heterocycles. The number of amides is 1. The maximum atomic E-state index is 11.1. The number of rotatable bonds is 2. The molecule has 2 aromatic rings. The van der Waals surface area contributed by atoms with Crippen molar-refractivity contribution in [1.82, 2.24) is 4.57 Å². The Morgan fingerprint density at radius 2 is 1.76 bits per heavy atom. The van der Waals surface area contributed by atoms with E-state index in [0.29, 0.717) is 5.56 Å². The van der Waals surface area contributed by atoms with Crippen LogP contribution in [0.25, 0.3) is 5.69 Å². The summed E-state index contributed by atoms with van der Waals surface area (Å²) in [6, 6.07) is 9.65. The summed E-state index contributed by atoms with van der Waals surface area (Å²) >= 11 is 3.37. The van der Waals surface area contributed by atoms with Gasteiger partial charge in [-0.3, -0.25) is 4.79 Å². The van der Waals surface area contributed by atoms with E-state index in [0.717, 1.165) is 21.5 Å². The molecule has 0 bridgehead atoms. The monoisotopic (exact) mass is 292 g/mol. The quantitative estimate of drug-likeness (QED) is 0.909. The first kappa shape index (κ1) is 11.9. The van der Waals surface area contributed by atoms with E-state index in [1.165, 1.54) is 0 Å². The third kappa shape index (κ3) is 2.13. The van der Waals surface area contributed by atoms with Gasteiger partial charge >= 0.3 is 0 Å². The molecular formula is C13H13BrN2O. The zero-order chi connectivity index (χ0) is 12.6. The van der Waals surface area contributed by atoms with Crippen molar-refractivity contribution in [2.24, 2.45) is 5.73 Å². The van der Waals surface area contributed by atoms with E-state index in [2.05, 4.69) is 32.6 Å². The summed E-state index contributed by atoms with van der Waals surface area (Å²) in [6.07, 6.45) is 0. The van der Waals surface area contributed by atoms with Crippen LogP contribution in [0.4, 0.5) is 0 Å². The zero-order valence-corrected chi connectivity index (χ0v) is 11.3. The van der Waals surface area contributed by atoms with Gasteiger partial charge < -0.3 is 10.3 Å². The number of aromatic nitrogens is 1. The molecule has 0 fully saturated rings. The predicted molar refractivity (Wildman–Crippen MR) is 71.5 cm³/mol. The Balaban J connectivity index is 2.56. The summed E-state index contributed by atoms with van der Waals surface area (Å²) in [4.78, 5) is 11.1. The Bertz CT molecular complexity index is 568. The average Bonchev–Trinajstić information content (AvgIpc) is 2.58. The summed E-state index contributed by atoms with van der Waals surface area (Å²) in [7, 11) is 0. The maximum absolute atomic E-state index is 11.1. The van der Waals surface area contributed by atoms with Gasteiger partial charge in [0.15, 0.2) is 0 Å². The minimum atomic E-state index is -0.427. The van der Waals surface area contributed by atoms with Gasteiger partial charge in [0.1, 0.15) is 0 Å². The largest absolute Gasteiger partial charge is 0.366 e. The molecule has 0 saturated carbocycles. The van der Waals surface area contributed by atoms with Crippen molar-refractivity contribution in [2.75, 3.05) is 0 Å². The molecule has 2 rings (SSSR count). The number of primary amides is 1. The van der Waals surface area contributed by atoms with Gasteiger partial charge in [0.05, 0.1) is 5.56 Å². The molecule has 0 atom stereocenters. The molecule has 0 radical (unpaired) electrons. The highest BCUT2D eigenvalue weighted by Crippen LogP contribution is 2.23. The summed E-state index contributed by atoms with van der Waals surface area (Å²) in [5, 5.41) is 0. The van der Waals surface area contributed by atoms with E-state index < -0.39 is 5.91 Å². The van der Waals surface area contributed by atoms with Gasteiger partial charge in [-0.15, -0.1) is 0 Å². The van der Waals surface area contributed by atoms with Crippen LogP contribution < -0.4 is 5.73 Å². The van der Waals surface area contributed by atoms with Gasteiger partial charge in [-0.2, -0.15) is 0 Å². The number of halogens is 1. The van der Waals surface area contributed by atoms with Crippen molar-refractivity contribution < 1.29 is 4.79 Å². The first-order chi connectivity index (χ1) is 8.00. The standard InChI is InChI=1S/C13H13BrN2O/c1-8-3-4-9(2)16(8)10-5-6-11(13(15)17)12(14)7-10/h3-7H,1-2H3,(H2,15,17). The van der Waals surface area contributed by atoms with Crippen LogP contribution in [-0.2, 0) is 0 Å². The Morgan fingerprint density at radius 1 is 1.18 bits per heavy atom. The molecule has 4 heteroatoms. The predicted octanol–water partition coefficient (Wildman–Crippen LogP) is 2.96. The molecule has 0 unspecified atom stereocenters. The van der Waals surface area contributed by atoms with Crippen molar-refractivity contribution in [3.63, 3.8) is 0 Å². The van der Waals surface area contributed by atoms with Crippen LogP contribution >= 0.6 is 15.9 Å². The molecule has 3 nitrogen and oxygen atoms in total. The number of aryl methyl sites for hydroxylation is 2. The number of nitrogens with zero attached hydrogens (tertiary/aromatic N) is 1. The van der Waals surface area contributed by atoms with Gasteiger partial charge in [-0.1, -0.05) is 0 Å². The third-order valence-corrected chi connectivity index (χ3v) is 3.40. The molecule has 0 aliphatic rings. The minimum absolute atomic E-state index is 0.427. The fourth-order valence-corrected chi connectivity index (χ4v) is 2.48. The maximum Gasteiger partial charge on any atom is 0.249 e. The molecule has 88 valence electrons. The highest BCUT2D eigenvalue weighted by molar-refractivity contribution is 9.10. The lowest BCUT2D eigenvalue weighted by Crippen LogP contribution is -2.12. The molecule has 17 heavy (non-hydrogen) atoms. The lowest BCUT2D eigenvalue weighted by molar-refractivity contribution is 0.0999. The summed E-state index contributed by atoms with van der Waals surface area (Å²) < 4.78 is 2.84. The van der Waals surface area contributed by atoms with E-state index >= 15 is 0 Å². The second-order valence-electron chi connectivity index (χ2n) is 3.98.